The molecule has 1 N–H and O–H groups in total. The van der Waals surface area contributed by atoms with Gasteiger partial charge < -0.3 is 9.72 Å². The van der Waals surface area contributed by atoms with Gasteiger partial charge in [0.15, 0.2) is 4.77 Å². The Bertz CT molecular complexity index is 816. The Hall–Kier alpha value is -1.95. The van der Waals surface area contributed by atoms with E-state index < -0.39 is 5.97 Å². The molecular weight excluding hydrogens is 288 g/mol. The molecule has 0 bridgehead atoms. The lowest BCUT2D eigenvalue weighted by molar-refractivity contribution is 0.0601. The van der Waals surface area contributed by atoms with Crippen molar-refractivity contribution in [1.82, 2.24) is 9.55 Å². The van der Waals surface area contributed by atoms with Gasteiger partial charge in [0.05, 0.1) is 23.6 Å². The van der Waals surface area contributed by atoms with Gasteiger partial charge in [-0.25, -0.2) is 4.79 Å². The van der Waals surface area contributed by atoms with Gasteiger partial charge in [-0.05, 0) is 43.3 Å². The van der Waals surface area contributed by atoms with Crippen LogP contribution in [0.4, 0.5) is 0 Å². The summed E-state index contributed by atoms with van der Waals surface area (Å²) in [5.41, 5.74) is 0.882. The first-order chi connectivity index (χ1) is 10.1. The van der Waals surface area contributed by atoms with Crippen molar-refractivity contribution in [1.29, 1.82) is 0 Å². The number of ether oxygens (including phenoxy) is 1. The number of hydrogen-bond acceptors (Lipinski definition) is 4. The van der Waals surface area contributed by atoms with Gasteiger partial charge in [-0.15, -0.1) is 0 Å². The summed E-state index contributed by atoms with van der Waals surface area (Å²) in [4.78, 5) is 27.3. The van der Waals surface area contributed by atoms with Crippen molar-refractivity contribution in [3.63, 3.8) is 0 Å². The zero-order valence-corrected chi connectivity index (χ0v) is 12.5. The molecule has 0 amide bonds. The molecule has 6 heteroatoms. The molecule has 3 rings (SSSR count). The van der Waals surface area contributed by atoms with Gasteiger partial charge in [0.2, 0.25) is 0 Å². The Morgan fingerprint density at radius 3 is 2.76 bits per heavy atom. The van der Waals surface area contributed by atoms with Crippen LogP contribution in [0.15, 0.2) is 23.0 Å². The number of carbonyl (C=O) groups is 1. The highest BCUT2D eigenvalue weighted by atomic mass is 32.1. The summed E-state index contributed by atoms with van der Waals surface area (Å²) in [6, 6.07) is 5.05. The predicted octanol–water partition coefficient (Wildman–Crippen LogP) is 2.96. The second-order valence-corrected chi connectivity index (χ2v) is 5.68. The van der Waals surface area contributed by atoms with E-state index in [1.807, 2.05) is 0 Å². The molecule has 1 fully saturated rings. The number of aromatic amines is 1. The third-order valence-corrected chi connectivity index (χ3v) is 4.34. The van der Waals surface area contributed by atoms with E-state index in [0.29, 0.717) is 21.2 Å². The Kier molecular flexibility index (Phi) is 3.63. The maximum Gasteiger partial charge on any atom is 0.337 e. The van der Waals surface area contributed by atoms with Crippen molar-refractivity contribution >= 4 is 29.1 Å². The lowest BCUT2D eigenvalue weighted by Gasteiger charge is -2.14. The third-order valence-electron chi connectivity index (χ3n) is 4.04. The highest BCUT2D eigenvalue weighted by molar-refractivity contribution is 7.71. The molecule has 110 valence electrons. The molecular formula is C15H16N2O3S. The molecule has 1 heterocycles. The molecule has 2 aromatic rings. The SMILES string of the molecule is COC(=O)c1ccc2c(=O)n(C3CCCC3)c(=S)[nH]c2c1. The number of nitrogens with zero attached hydrogens (tertiary/aromatic N) is 1. The van der Waals surface area contributed by atoms with E-state index in [-0.39, 0.29) is 11.6 Å². The summed E-state index contributed by atoms with van der Waals surface area (Å²) in [6.07, 6.45) is 4.24. The minimum atomic E-state index is -0.434. The van der Waals surface area contributed by atoms with Gasteiger partial charge >= 0.3 is 5.97 Å². The smallest absolute Gasteiger partial charge is 0.337 e. The maximum absolute atomic E-state index is 12.6. The quantitative estimate of drug-likeness (QED) is 0.684. The Morgan fingerprint density at radius 2 is 2.10 bits per heavy atom. The summed E-state index contributed by atoms with van der Waals surface area (Å²) in [7, 11) is 1.33. The Balaban J connectivity index is 2.20. The lowest BCUT2D eigenvalue weighted by Crippen LogP contribution is -2.25. The normalized spacial score (nSPS) is 15.5. The van der Waals surface area contributed by atoms with Crippen LogP contribution in [-0.4, -0.2) is 22.6 Å². The zero-order valence-electron chi connectivity index (χ0n) is 11.7. The number of H-pyrrole nitrogens is 1. The number of methoxy groups -OCH3 is 1. The fourth-order valence-electron chi connectivity index (χ4n) is 2.97. The van der Waals surface area contributed by atoms with E-state index in [9.17, 15) is 9.59 Å². The minimum Gasteiger partial charge on any atom is -0.465 e. The van der Waals surface area contributed by atoms with Crippen LogP contribution in [0.2, 0.25) is 0 Å². The molecule has 0 spiro atoms. The molecule has 0 radical (unpaired) electrons. The molecule has 0 aliphatic heterocycles. The van der Waals surface area contributed by atoms with Crippen molar-refractivity contribution in [2.45, 2.75) is 31.7 Å². The average molecular weight is 304 g/mol. The summed E-state index contributed by atoms with van der Waals surface area (Å²) >= 11 is 5.33. The first-order valence-corrected chi connectivity index (χ1v) is 7.39. The second-order valence-electron chi connectivity index (χ2n) is 5.30. The van der Waals surface area contributed by atoms with Gasteiger partial charge in [0.25, 0.3) is 5.56 Å². The van der Waals surface area contributed by atoms with Crippen LogP contribution in [0.1, 0.15) is 42.1 Å². The van der Waals surface area contributed by atoms with E-state index in [0.717, 1.165) is 25.7 Å². The van der Waals surface area contributed by atoms with Crippen LogP contribution in [0.25, 0.3) is 10.9 Å². The Labute approximate surface area is 126 Å². The highest BCUT2D eigenvalue weighted by Gasteiger charge is 2.20. The highest BCUT2D eigenvalue weighted by Crippen LogP contribution is 2.28. The predicted molar refractivity (Wildman–Crippen MR) is 82.2 cm³/mol. The molecule has 1 aliphatic carbocycles. The van der Waals surface area contributed by atoms with Gasteiger partial charge in [0, 0.05) is 6.04 Å². The number of carbonyl (C=O) groups excluding carboxylic acids is 1. The van der Waals surface area contributed by atoms with Crippen LogP contribution in [0.3, 0.4) is 0 Å². The standard InChI is InChI=1S/C15H16N2O3S/c1-20-14(19)9-6-7-11-12(8-9)16-15(21)17(13(11)18)10-4-2-3-5-10/h6-8,10H,2-5H2,1H3,(H,16,21). The molecule has 1 aromatic heterocycles. The third kappa shape index (κ3) is 2.40. The molecule has 5 nitrogen and oxygen atoms in total. The number of aromatic nitrogens is 2. The average Bonchev–Trinajstić information content (AvgIpc) is 2.99. The van der Waals surface area contributed by atoms with E-state index in [1.54, 1.807) is 22.8 Å². The van der Waals surface area contributed by atoms with Gasteiger partial charge in [-0.3, -0.25) is 9.36 Å². The minimum absolute atomic E-state index is 0.0861. The van der Waals surface area contributed by atoms with Crippen LogP contribution in [0, 0.1) is 4.77 Å². The summed E-state index contributed by atoms with van der Waals surface area (Å²) in [5, 5.41) is 0.545. The van der Waals surface area contributed by atoms with Gasteiger partial charge in [-0.2, -0.15) is 0 Å². The first-order valence-electron chi connectivity index (χ1n) is 6.98. The van der Waals surface area contributed by atoms with E-state index in [4.69, 9.17) is 12.2 Å². The summed E-state index contributed by atoms with van der Waals surface area (Å²) in [6.45, 7) is 0. The number of esters is 1. The number of nitrogens with one attached hydrogen (secondary N) is 1. The molecule has 0 atom stereocenters. The van der Waals surface area contributed by atoms with Crippen molar-refractivity contribution in [2.75, 3.05) is 7.11 Å². The number of fused-ring (bicyclic) bond motifs is 1. The Morgan fingerprint density at radius 1 is 1.38 bits per heavy atom. The largest absolute Gasteiger partial charge is 0.465 e. The number of benzene rings is 1. The van der Waals surface area contributed by atoms with Gasteiger partial charge in [-0.1, -0.05) is 12.8 Å². The van der Waals surface area contributed by atoms with Crippen LogP contribution in [0.5, 0.6) is 0 Å². The van der Waals surface area contributed by atoms with E-state index >= 15 is 0 Å². The summed E-state index contributed by atoms with van der Waals surface area (Å²) in [5.74, 6) is -0.434. The molecule has 1 aliphatic rings. The van der Waals surface area contributed by atoms with Crippen molar-refractivity contribution in [2.24, 2.45) is 0 Å². The number of hydrogen-bond donors (Lipinski definition) is 1. The monoisotopic (exact) mass is 304 g/mol. The second kappa shape index (κ2) is 5.44. The molecule has 1 aromatic carbocycles. The topological polar surface area (TPSA) is 64.1 Å². The molecule has 0 saturated heterocycles. The fraction of sp³-hybridized carbons (Fsp3) is 0.400. The zero-order chi connectivity index (χ0) is 15.0. The first kappa shape index (κ1) is 14.0. The van der Waals surface area contributed by atoms with Crippen molar-refractivity contribution < 1.29 is 9.53 Å². The van der Waals surface area contributed by atoms with Crippen LogP contribution >= 0.6 is 12.2 Å². The van der Waals surface area contributed by atoms with Crippen LogP contribution in [-0.2, 0) is 4.74 Å². The van der Waals surface area contributed by atoms with E-state index in [1.165, 1.54) is 7.11 Å². The van der Waals surface area contributed by atoms with E-state index in [2.05, 4.69) is 9.72 Å². The summed E-state index contributed by atoms with van der Waals surface area (Å²) < 4.78 is 6.79. The van der Waals surface area contributed by atoms with Crippen molar-refractivity contribution in [3.05, 3.63) is 38.9 Å². The molecule has 0 unspecified atom stereocenters. The van der Waals surface area contributed by atoms with Gasteiger partial charge in [0.1, 0.15) is 0 Å². The van der Waals surface area contributed by atoms with Crippen LogP contribution < -0.4 is 5.56 Å². The van der Waals surface area contributed by atoms with Crippen molar-refractivity contribution in [3.8, 4) is 0 Å². The molecule has 21 heavy (non-hydrogen) atoms. The molecule has 1 saturated carbocycles. The maximum atomic E-state index is 12.6. The lowest BCUT2D eigenvalue weighted by atomic mass is 10.1. The number of rotatable bonds is 2. The fourth-order valence-corrected chi connectivity index (χ4v) is 3.31.